The minimum Gasteiger partial charge on any atom is -0.346 e. The van der Waals surface area contributed by atoms with Crippen LogP contribution in [0.25, 0.3) is 21.7 Å². The SMILES string of the molecule is CCn1c(=O)c2cc(C(=O)N[C@H](C)c3ccccc3)ccc2c2ccncc21. The number of carbonyl (C=O) groups is 1. The number of aryl methyl sites for hydroxylation is 1. The van der Waals surface area contributed by atoms with Gasteiger partial charge in [0, 0.05) is 29.1 Å². The molecule has 140 valence electrons. The van der Waals surface area contributed by atoms with Crippen molar-refractivity contribution in [2.45, 2.75) is 26.4 Å². The van der Waals surface area contributed by atoms with E-state index in [1.54, 1.807) is 29.1 Å². The molecule has 2 aromatic heterocycles. The molecule has 0 aliphatic carbocycles. The molecule has 1 N–H and O–H groups in total. The van der Waals surface area contributed by atoms with Crippen LogP contribution < -0.4 is 10.9 Å². The Morgan fingerprint density at radius 1 is 1.07 bits per heavy atom. The maximum Gasteiger partial charge on any atom is 0.258 e. The van der Waals surface area contributed by atoms with Gasteiger partial charge in [-0.3, -0.25) is 14.6 Å². The van der Waals surface area contributed by atoms with E-state index in [2.05, 4.69) is 10.3 Å². The highest BCUT2D eigenvalue weighted by Gasteiger charge is 2.15. The summed E-state index contributed by atoms with van der Waals surface area (Å²) < 4.78 is 1.69. The second-order valence-corrected chi connectivity index (χ2v) is 6.81. The standard InChI is InChI=1S/C23H21N3O2/c1-3-26-21-14-24-12-11-19(21)18-10-9-17(13-20(18)23(26)28)22(27)25-15(2)16-7-5-4-6-8-16/h4-15H,3H2,1-2H3,(H,25,27)/t15-/m1/s1. The number of fused-ring (bicyclic) bond motifs is 3. The van der Waals surface area contributed by atoms with Gasteiger partial charge >= 0.3 is 0 Å². The molecule has 4 rings (SSSR count). The Hall–Kier alpha value is -3.47. The highest BCUT2D eigenvalue weighted by molar-refractivity contribution is 6.08. The summed E-state index contributed by atoms with van der Waals surface area (Å²) in [5.74, 6) is -0.199. The third-order valence-corrected chi connectivity index (χ3v) is 5.10. The molecule has 2 aromatic carbocycles. The fraction of sp³-hybridized carbons (Fsp3) is 0.174. The molecule has 1 atom stereocenters. The van der Waals surface area contributed by atoms with Gasteiger partial charge in [-0.1, -0.05) is 36.4 Å². The Balaban J connectivity index is 1.77. The van der Waals surface area contributed by atoms with Crippen LogP contribution in [0.15, 0.2) is 71.8 Å². The number of rotatable bonds is 4. The number of aromatic nitrogens is 2. The van der Waals surface area contributed by atoms with Crippen LogP contribution in [0.4, 0.5) is 0 Å². The van der Waals surface area contributed by atoms with Crippen molar-refractivity contribution in [1.82, 2.24) is 14.9 Å². The summed E-state index contributed by atoms with van der Waals surface area (Å²) >= 11 is 0. The molecular weight excluding hydrogens is 350 g/mol. The summed E-state index contributed by atoms with van der Waals surface area (Å²) in [7, 11) is 0. The molecule has 5 nitrogen and oxygen atoms in total. The molecule has 0 fully saturated rings. The van der Waals surface area contributed by atoms with Crippen molar-refractivity contribution in [2.75, 3.05) is 0 Å². The number of nitrogens with one attached hydrogen (secondary N) is 1. The van der Waals surface area contributed by atoms with E-state index in [1.807, 2.05) is 56.3 Å². The van der Waals surface area contributed by atoms with Crippen molar-refractivity contribution in [3.63, 3.8) is 0 Å². The van der Waals surface area contributed by atoms with E-state index in [0.29, 0.717) is 17.5 Å². The summed E-state index contributed by atoms with van der Waals surface area (Å²) in [5.41, 5.74) is 2.20. The van der Waals surface area contributed by atoms with Gasteiger partial charge in [-0.15, -0.1) is 0 Å². The zero-order valence-corrected chi connectivity index (χ0v) is 15.8. The average Bonchev–Trinajstić information content (AvgIpc) is 2.74. The zero-order chi connectivity index (χ0) is 19.7. The van der Waals surface area contributed by atoms with Crippen molar-refractivity contribution in [3.05, 3.63) is 88.5 Å². The van der Waals surface area contributed by atoms with Gasteiger partial charge in [-0.05, 0) is 43.0 Å². The maximum atomic E-state index is 13.0. The lowest BCUT2D eigenvalue weighted by molar-refractivity contribution is 0.0940. The van der Waals surface area contributed by atoms with Crippen LogP contribution in [-0.4, -0.2) is 15.5 Å². The first-order valence-electron chi connectivity index (χ1n) is 9.36. The first-order chi connectivity index (χ1) is 13.6. The van der Waals surface area contributed by atoms with Gasteiger partial charge in [0.15, 0.2) is 0 Å². The van der Waals surface area contributed by atoms with Gasteiger partial charge in [0.05, 0.1) is 17.8 Å². The predicted octanol–water partition coefficient (Wildman–Crippen LogP) is 4.06. The molecule has 0 aliphatic rings. The number of amides is 1. The smallest absolute Gasteiger partial charge is 0.258 e. The van der Waals surface area contributed by atoms with Gasteiger partial charge in [-0.25, -0.2) is 0 Å². The highest BCUT2D eigenvalue weighted by Crippen LogP contribution is 2.23. The predicted molar refractivity (Wildman–Crippen MR) is 112 cm³/mol. The first kappa shape index (κ1) is 17.9. The lowest BCUT2D eigenvalue weighted by Crippen LogP contribution is -2.27. The Labute approximate surface area is 162 Å². The average molecular weight is 371 g/mol. The van der Waals surface area contributed by atoms with Crippen LogP contribution in [0, 0.1) is 0 Å². The van der Waals surface area contributed by atoms with E-state index in [1.165, 1.54) is 0 Å². The second kappa shape index (κ2) is 7.27. The van der Waals surface area contributed by atoms with Crippen LogP contribution in [-0.2, 0) is 6.54 Å². The Morgan fingerprint density at radius 2 is 1.86 bits per heavy atom. The van der Waals surface area contributed by atoms with Crippen molar-refractivity contribution < 1.29 is 4.79 Å². The second-order valence-electron chi connectivity index (χ2n) is 6.81. The molecule has 28 heavy (non-hydrogen) atoms. The largest absolute Gasteiger partial charge is 0.346 e. The first-order valence-corrected chi connectivity index (χ1v) is 9.36. The van der Waals surface area contributed by atoms with Crippen LogP contribution in [0.1, 0.15) is 35.8 Å². The summed E-state index contributed by atoms with van der Waals surface area (Å²) in [5, 5.41) is 5.33. The minimum atomic E-state index is -0.199. The lowest BCUT2D eigenvalue weighted by atomic mass is 10.0. The Kier molecular flexibility index (Phi) is 4.65. The normalized spacial score (nSPS) is 12.2. The lowest BCUT2D eigenvalue weighted by Gasteiger charge is -2.15. The molecule has 0 saturated heterocycles. The van der Waals surface area contributed by atoms with E-state index in [0.717, 1.165) is 21.9 Å². The zero-order valence-electron chi connectivity index (χ0n) is 15.8. The molecule has 0 unspecified atom stereocenters. The maximum absolute atomic E-state index is 13.0. The molecule has 1 amide bonds. The van der Waals surface area contributed by atoms with E-state index in [4.69, 9.17) is 0 Å². The minimum absolute atomic E-state index is 0.108. The monoisotopic (exact) mass is 371 g/mol. The Morgan fingerprint density at radius 3 is 2.61 bits per heavy atom. The van der Waals surface area contributed by atoms with Crippen LogP contribution in [0.5, 0.6) is 0 Å². The summed E-state index contributed by atoms with van der Waals surface area (Å²) in [4.78, 5) is 29.9. The number of hydrogen-bond acceptors (Lipinski definition) is 3. The summed E-state index contributed by atoms with van der Waals surface area (Å²) in [6.07, 6.45) is 3.43. The van der Waals surface area contributed by atoms with Crippen LogP contribution in [0.3, 0.4) is 0 Å². The van der Waals surface area contributed by atoms with Gasteiger partial charge in [-0.2, -0.15) is 0 Å². The summed E-state index contributed by atoms with van der Waals surface area (Å²) in [6, 6.07) is 16.9. The third kappa shape index (κ3) is 3.05. The van der Waals surface area contributed by atoms with E-state index >= 15 is 0 Å². The van der Waals surface area contributed by atoms with Crippen LogP contribution >= 0.6 is 0 Å². The molecule has 4 aromatic rings. The van der Waals surface area contributed by atoms with Gasteiger partial charge in [0.25, 0.3) is 11.5 Å². The number of hydrogen-bond donors (Lipinski definition) is 1. The van der Waals surface area contributed by atoms with Crippen LogP contribution in [0.2, 0.25) is 0 Å². The van der Waals surface area contributed by atoms with E-state index < -0.39 is 0 Å². The van der Waals surface area contributed by atoms with Gasteiger partial charge in [0.1, 0.15) is 0 Å². The van der Waals surface area contributed by atoms with E-state index in [-0.39, 0.29) is 17.5 Å². The van der Waals surface area contributed by atoms with Crippen molar-refractivity contribution in [1.29, 1.82) is 0 Å². The molecule has 2 heterocycles. The fourth-order valence-electron chi connectivity index (χ4n) is 3.60. The molecule has 0 aliphatic heterocycles. The molecule has 0 bridgehead atoms. The van der Waals surface area contributed by atoms with Crippen molar-refractivity contribution in [2.24, 2.45) is 0 Å². The molecule has 0 saturated carbocycles. The fourth-order valence-corrected chi connectivity index (χ4v) is 3.60. The number of carbonyl (C=O) groups excluding carboxylic acids is 1. The van der Waals surface area contributed by atoms with E-state index in [9.17, 15) is 9.59 Å². The Bertz CT molecular complexity index is 1230. The molecule has 0 spiro atoms. The van der Waals surface area contributed by atoms with Crippen molar-refractivity contribution >= 4 is 27.6 Å². The third-order valence-electron chi connectivity index (χ3n) is 5.10. The summed E-state index contributed by atoms with van der Waals surface area (Å²) in [6.45, 7) is 4.41. The molecular formula is C23H21N3O2. The highest BCUT2D eigenvalue weighted by atomic mass is 16.1. The molecule has 0 radical (unpaired) electrons. The van der Waals surface area contributed by atoms with Gasteiger partial charge < -0.3 is 9.88 Å². The number of nitrogens with zero attached hydrogens (tertiary/aromatic N) is 2. The number of pyridine rings is 2. The molecule has 5 heteroatoms. The topological polar surface area (TPSA) is 64.0 Å². The quantitative estimate of drug-likeness (QED) is 0.550. The van der Waals surface area contributed by atoms with Gasteiger partial charge in [0.2, 0.25) is 0 Å². The number of benzene rings is 2. The van der Waals surface area contributed by atoms with Crippen molar-refractivity contribution in [3.8, 4) is 0 Å².